The summed E-state index contributed by atoms with van der Waals surface area (Å²) in [5.41, 5.74) is 1.80. The van der Waals surface area contributed by atoms with E-state index in [2.05, 4.69) is 20.3 Å². The molecular weight excluding hydrogens is 380 g/mol. The van der Waals surface area contributed by atoms with E-state index in [1.807, 2.05) is 23.6 Å². The molecule has 28 heavy (non-hydrogen) atoms. The molecule has 1 fully saturated rings. The molecular formula is C19H22N4O4S. The van der Waals surface area contributed by atoms with Crippen molar-refractivity contribution in [2.24, 2.45) is 5.92 Å². The van der Waals surface area contributed by atoms with Crippen molar-refractivity contribution in [2.45, 2.75) is 31.1 Å². The van der Waals surface area contributed by atoms with Crippen molar-refractivity contribution in [3.8, 4) is 5.88 Å². The molecule has 0 bridgehead atoms. The Kier molecular flexibility index (Phi) is 5.40. The Morgan fingerprint density at radius 1 is 1.25 bits per heavy atom. The first kappa shape index (κ1) is 19.0. The van der Waals surface area contributed by atoms with Crippen LogP contribution in [0.2, 0.25) is 0 Å². The molecule has 4 N–H and O–H groups in total. The van der Waals surface area contributed by atoms with Crippen LogP contribution in [-0.2, 0) is 6.42 Å². The quantitative estimate of drug-likeness (QED) is 0.485. The average Bonchev–Trinajstić information content (AvgIpc) is 3.28. The van der Waals surface area contributed by atoms with E-state index in [1.54, 1.807) is 13.3 Å². The van der Waals surface area contributed by atoms with Crippen LogP contribution < -0.4 is 10.1 Å². The number of nitrogens with zero attached hydrogens (tertiary/aromatic N) is 3. The fraction of sp³-hybridized carbons (Fsp3) is 0.421. The van der Waals surface area contributed by atoms with E-state index >= 15 is 0 Å². The summed E-state index contributed by atoms with van der Waals surface area (Å²) in [5.74, 6) is 1.45. The number of rotatable bonds is 6. The second-order valence-corrected chi connectivity index (χ2v) is 7.83. The fourth-order valence-corrected chi connectivity index (χ4v) is 4.35. The number of ether oxygens (including phenoxy) is 1. The minimum Gasteiger partial charge on any atom is -0.481 e. The maximum absolute atomic E-state index is 10.3. The number of methoxy groups -OCH3 is 1. The van der Waals surface area contributed by atoms with Crippen LogP contribution in [0.4, 0.5) is 5.82 Å². The van der Waals surface area contributed by atoms with Crippen LogP contribution in [0.3, 0.4) is 0 Å². The van der Waals surface area contributed by atoms with Crippen LogP contribution in [0.25, 0.3) is 10.2 Å². The second-order valence-electron chi connectivity index (χ2n) is 6.92. The molecule has 0 amide bonds. The highest BCUT2D eigenvalue weighted by Crippen LogP contribution is 2.32. The summed E-state index contributed by atoms with van der Waals surface area (Å²) in [6.07, 6.45) is 0.741. The van der Waals surface area contributed by atoms with Crippen molar-refractivity contribution in [3.63, 3.8) is 0 Å². The Bertz CT molecular complexity index is 966. The molecule has 4 atom stereocenters. The third-order valence-electron chi connectivity index (χ3n) is 5.08. The number of hydrogen-bond acceptors (Lipinski definition) is 9. The van der Waals surface area contributed by atoms with Gasteiger partial charge >= 0.3 is 0 Å². The normalized spacial score (nSPS) is 24.6. The maximum Gasteiger partial charge on any atom is 0.213 e. The van der Waals surface area contributed by atoms with Gasteiger partial charge in [0.15, 0.2) is 0 Å². The lowest BCUT2D eigenvalue weighted by Gasteiger charge is -2.19. The SMILES string of the molecule is COc1cc(Cc2nc(N[C@@H]3C[C@H](CO)[C@@H](O)[C@H]3O)c3sccc3n2)ccn1. The first-order chi connectivity index (χ1) is 13.6. The molecule has 0 aromatic carbocycles. The Balaban J connectivity index is 1.62. The molecule has 0 saturated heterocycles. The van der Waals surface area contributed by atoms with Gasteiger partial charge in [-0.15, -0.1) is 11.3 Å². The van der Waals surface area contributed by atoms with Crippen LogP contribution in [0.15, 0.2) is 29.8 Å². The molecule has 3 heterocycles. The van der Waals surface area contributed by atoms with Crippen molar-refractivity contribution in [2.75, 3.05) is 19.0 Å². The fourth-order valence-electron chi connectivity index (χ4n) is 3.57. The number of nitrogens with one attached hydrogen (secondary N) is 1. The zero-order chi connectivity index (χ0) is 19.7. The van der Waals surface area contributed by atoms with Gasteiger partial charge in [-0.2, -0.15) is 0 Å². The van der Waals surface area contributed by atoms with Crippen LogP contribution in [-0.4, -0.2) is 62.2 Å². The minimum atomic E-state index is -0.963. The number of aromatic nitrogens is 3. The number of thiophene rings is 1. The highest BCUT2D eigenvalue weighted by atomic mass is 32.1. The lowest BCUT2D eigenvalue weighted by Crippen LogP contribution is -2.35. The molecule has 3 aromatic heterocycles. The van der Waals surface area contributed by atoms with E-state index in [1.165, 1.54) is 11.3 Å². The molecule has 0 radical (unpaired) electrons. The number of aliphatic hydroxyl groups excluding tert-OH is 3. The summed E-state index contributed by atoms with van der Waals surface area (Å²) in [6.45, 7) is -0.163. The molecule has 4 rings (SSSR count). The molecule has 148 valence electrons. The van der Waals surface area contributed by atoms with Gasteiger partial charge in [0.25, 0.3) is 0 Å². The van der Waals surface area contributed by atoms with Crippen molar-refractivity contribution >= 4 is 27.4 Å². The topological polar surface area (TPSA) is 121 Å². The van der Waals surface area contributed by atoms with Crippen molar-refractivity contribution < 1.29 is 20.1 Å². The Morgan fingerprint density at radius 3 is 2.86 bits per heavy atom. The van der Waals surface area contributed by atoms with Crippen LogP contribution in [0, 0.1) is 5.92 Å². The Labute approximate surface area is 165 Å². The van der Waals surface area contributed by atoms with Crippen LogP contribution in [0.1, 0.15) is 17.8 Å². The lowest BCUT2D eigenvalue weighted by atomic mass is 10.1. The smallest absolute Gasteiger partial charge is 0.213 e. The van der Waals surface area contributed by atoms with E-state index in [-0.39, 0.29) is 18.6 Å². The van der Waals surface area contributed by atoms with E-state index in [9.17, 15) is 15.3 Å². The number of pyridine rings is 1. The standard InChI is InChI=1S/C19H22N4O4S/c1-27-15-7-10(2-4-20-15)6-14-21-12-3-5-28-18(12)19(23-14)22-13-8-11(9-24)16(25)17(13)26/h2-5,7,11,13,16-17,24-26H,6,8-9H2,1H3,(H,21,22,23)/t11-,13-,16-,17+/m1/s1. The van der Waals surface area contributed by atoms with Crippen molar-refractivity contribution in [3.05, 3.63) is 41.2 Å². The van der Waals surface area contributed by atoms with E-state index in [0.717, 1.165) is 15.8 Å². The molecule has 0 aliphatic heterocycles. The Hall–Kier alpha value is -2.33. The predicted octanol–water partition coefficient (Wildman–Crippen LogP) is 1.20. The third kappa shape index (κ3) is 3.66. The molecule has 1 aliphatic carbocycles. The van der Waals surface area contributed by atoms with Gasteiger partial charge in [0.2, 0.25) is 5.88 Å². The highest BCUT2D eigenvalue weighted by Gasteiger charge is 2.41. The number of aliphatic hydroxyl groups is 3. The monoisotopic (exact) mass is 402 g/mol. The highest BCUT2D eigenvalue weighted by molar-refractivity contribution is 7.17. The summed E-state index contributed by atoms with van der Waals surface area (Å²) in [4.78, 5) is 13.4. The Morgan fingerprint density at radius 2 is 2.11 bits per heavy atom. The number of hydrogen-bond donors (Lipinski definition) is 4. The van der Waals surface area contributed by atoms with E-state index < -0.39 is 12.2 Å². The van der Waals surface area contributed by atoms with Gasteiger partial charge in [-0.05, 0) is 29.5 Å². The largest absolute Gasteiger partial charge is 0.481 e. The van der Waals surface area contributed by atoms with Crippen LogP contribution in [0.5, 0.6) is 5.88 Å². The summed E-state index contributed by atoms with van der Waals surface area (Å²) in [5, 5.41) is 35.0. The number of anilines is 1. The van der Waals surface area contributed by atoms with Gasteiger partial charge in [0, 0.05) is 31.2 Å². The molecule has 1 aliphatic rings. The summed E-state index contributed by atoms with van der Waals surface area (Å²) >= 11 is 1.52. The zero-order valence-electron chi connectivity index (χ0n) is 15.3. The molecule has 0 spiro atoms. The van der Waals surface area contributed by atoms with Gasteiger partial charge < -0.3 is 25.4 Å². The minimum absolute atomic E-state index is 0.163. The second kappa shape index (κ2) is 7.96. The van der Waals surface area contributed by atoms with Crippen molar-refractivity contribution in [1.82, 2.24) is 15.0 Å². The summed E-state index contributed by atoms with van der Waals surface area (Å²) in [7, 11) is 1.57. The molecule has 9 heteroatoms. The first-order valence-corrected chi connectivity index (χ1v) is 9.93. The van der Waals surface area contributed by atoms with Gasteiger partial charge in [0.05, 0.1) is 29.5 Å². The molecule has 8 nitrogen and oxygen atoms in total. The molecule has 0 unspecified atom stereocenters. The van der Waals surface area contributed by atoms with Gasteiger partial charge in [-0.3, -0.25) is 0 Å². The molecule has 1 saturated carbocycles. The zero-order valence-corrected chi connectivity index (χ0v) is 16.1. The molecule has 3 aromatic rings. The average molecular weight is 402 g/mol. The lowest BCUT2D eigenvalue weighted by molar-refractivity contribution is 0.00446. The van der Waals surface area contributed by atoms with Gasteiger partial charge in [-0.1, -0.05) is 0 Å². The third-order valence-corrected chi connectivity index (χ3v) is 5.99. The van der Waals surface area contributed by atoms with Crippen molar-refractivity contribution in [1.29, 1.82) is 0 Å². The van der Waals surface area contributed by atoms with Gasteiger partial charge in [0.1, 0.15) is 17.7 Å². The van der Waals surface area contributed by atoms with Crippen LogP contribution >= 0.6 is 11.3 Å². The number of fused-ring (bicyclic) bond motifs is 1. The van der Waals surface area contributed by atoms with Gasteiger partial charge in [-0.25, -0.2) is 15.0 Å². The summed E-state index contributed by atoms with van der Waals surface area (Å²) in [6, 6.07) is 5.28. The van der Waals surface area contributed by atoms with E-state index in [4.69, 9.17) is 4.74 Å². The predicted molar refractivity (Wildman–Crippen MR) is 106 cm³/mol. The van der Waals surface area contributed by atoms with E-state index in [0.29, 0.717) is 30.4 Å². The first-order valence-electron chi connectivity index (χ1n) is 9.05. The summed E-state index contributed by atoms with van der Waals surface area (Å²) < 4.78 is 6.06. The maximum atomic E-state index is 10.3.